The number of nitrogens with two attached hydrogens (primary N) is 1. The summed E-state index contributed by atoms with van der Waals surface area (Å²) in [5, 5.41) is 17.5. The van der Waals surface area contributed by atoms with Gasteiger partial charge in [0.15, 0.2) is 0 Å². The molecule has 0 fully saturated rings. The summed E-state index contributed by atoms with van der Waals surface area (Å²) in [6.07, 6.45) is 0.273. The molecule has 0 unspecified atom stereocenters. The van der Waals surface area contributed by atoms with Gasteiger partial charge in [-0.1, -0.05) is 12.1 Å². The van der Waals surface area contributed by atoms with Crippen molar-refractivity contribution in [3.05, 3.63) is 29.8 Å². The van der Waals surface area contributed by atoms with Crippen LogP contribution in [-0.2, 0) is 11.2 Å². The molecular weight excluding hydrogens is 248 g/mol. The van der Waals surface area contributed by atoms with Crippen LogP contribution in [0.3, 0.4) is 0 Å². The van der Waals surface area contributed by atoms with Gasteiger partial charge in [0.2, 0.25) is 0 Å². The third kappa shape index (κ3) is 7.61. The van der Waals surface area contributed by atoms with Gasteiger partial charge in [0.25, 0.3) is 0 Å². The van der Waals surface area contributed by atoms with Gasteiger partial charge in [0, 0.05) is 0 Å². The molecule has 0 bridgehead atoms. The van der Waals surface area contributed by atoms with Crippen molar-refractivity contribution < 1.29 is 15.0 Å². The fraction of sp³-hybridized carbons (Fsp3) is 0.222. The summed E-state index contributed by atoms with van der Waals surface area (Å²) in [6.45, 7) is 0. The van der Waals surface area contributed by atoms with Crippen LogP contribution in [0, 0.1) is 0 Å². The molecule has 4 N–H and O–H groups in total. The molecule has 15 heavy (non-hydrogen) atoms. The molecule has 1 aromatic rings. The summed E-state index contributed by atoms with van der Waals surface area (Å²) in [6, 6.07) is 5.42. The first-order valence-corrected chi connectivity index (χ1v) is 3.86. The first-order chi connectivity index (χ1) is 6.09. The van der Waals surface area contributed by atoms with Crippen LogP contribution < -0.4 is 5.73 Å². The number of carboxylic acids is 1. The van der Waals surface area contributed by atoms with Crippen molar-refractivity contribution in [2.45, 2.75) is 12.5 Å². The molecule has 0 saturated heterocycles. The molecule has 0 aliphatic heterocycles. The van der Waals surface area contributed by atoms with E-state index < -0.39 is 12.0 Å². The third-order valence-electron chi connectivity index (χ3n) is 1.71. The molecule has 0 amide bonds. The Labute approximate surface area is 173 Å². The van der Waals surface area contributed by atoms with Crippen LogP contribution in [-0.4, -0.2) is 125 Å². The molecule has 0 aromatic heterocycles. The molecule has 0 aliphatic carbocycles. The predicted octanol–water partition coefficient (Wildman–Crippen LogP) is -0.950. The van der Waals surface area contributed by atoms with Crippen LogP contribution in [0.5, 0.6) is 5.75 Å². The van der Waals surface area contributed by atoms with Crippen molar-refractivity contribution in [2.24, 2.45) is 5.73 Å². The van der Waals surface area contributed by atoms with Gasteiger partial charge in [0.05, 0.1) is 0 Å². The van der Waals surface area contributed by atoms with Gasteiger partial charge >= 0.3 is 109 Å². The zero-order valence-electron chi connectivity index (χ0n) is 6.97. The van der Waals surface area contributed by atoms with Crippen LogP contribution in [0.1, 0.15) is 5.56 Å². The maximum absolute atomic E-state index is 10.4. The van der Waals surface area contributed by atoms with Gasteiger partial charge in [-0.15, -0.1) is 0 Å². The van der Waals surface area contributed by atoms with E-state index in [1.165, 1.54) is 12.1 Å². The van der Waals surface area contributed by atoms with E-state index in [0.29, 0.717) is 0 Å². The second-order valence-corrected chi connectivity index (χ2v) is 2.82. The monoisotopic (exact) mass is 261 g/mol. The van der Waals surface area contributed by atoms with Crippen molar-refractivity contribution in [2.75, 3.05) is 0 Å². The molecule has 1 rings (SSSR count). The van der Waals surface area contributed by atoms with Crippen molar-refractivity contribution in [3.63, 3.8) is 0 Å². The number of aliphatic carboxylic acids is 1. The summed E-state index contributed by atoms with van der Waals surface area (Å²) >= 11 is 0. The van der Waals surface area contributed by atoms with Crippen molar-refractivity contribution in [1.29, 1.82) is 0 Å². The molecule has 1 aromatic carbocycles. The average Bonchev–Trinajstić information content (AvgIpc) is 2.08. The number of aromatic hydroxyl groups is 1. The fourth-order valence-electron chi connectivity index (χ4n) is 0.973. The van der Waals surface area contributed by atoms with E-state index in [0.717, 1.165) is 5.56 Å². The number of hydrogen-bond donors (Lipinski definition) is 3. The van der Waals surface area contributed by atoms with Crippen LogP contribution in [0.25, 0.3) is 0 Å². The number of benzene rings is 1. The van der Waals surface area contributed by atoms with Crippen molar-refractivity contribution in [3.8, 4) is 5.75 Å². The van der Waals surface area contributed by atoms with Gasteiger partial charge < -0.3 is 15.9 Å². The normalized spacial score (nSPS) is 10.7. The third-order valence-corrected chi connectivity index (χ3v) is 1.71. The Kier molecular flexibility index (Phi) is 12.4. The first kappa shape index (κ1) is 19.1. The molecule has 0 spiro atoms. The number of rotatable bonds is 3. The first-order valence-electron chi connectivity index (χ1n) is 3.86. The summed E-state index contributed by atoms with van der Waals surface area (Å²) < 4.78 is 0. The van der Waals surface area contributed by atoms with Gasteiger partial charge in [-0.3, -0.25) is 4.79 Å². The minimum atomic E-state index is -1.02. The van der Waals surface area contributed by atoms with Gasteiger partial charge in [-0.05, 0) is 24.1 Å². The van der Waals surface area contributed by atoms with Gasteiger partial charge in [-0.25, -0.2) is 0 Å². The Morgan fingerprint density at radius 2 is 1.73 bits per heavy atom. The van der Waals surface area contributed by atoms with Gasteiger partial charge in [0.1, 0.15) is 11.8 Å². The van der Waals surface area contributed by atoms with E-state index in [4.69, 9.17) is 15.9 Å². The summed E-state index contributed by atoms with van der Waals surface area (Å²) in [4.78, 5) is 10.4. The molecular formula is C9H13K2NO3. The SMILES string of the molecule is N[C@@H](Cc1ccc(O)cc1)C(=O)O.[KH].[KH]. The Balaban J connectivity index is 0. The summed E-state index contributed by atoms with van der Waals surface area (Å²) in [7, 11) is 0. The van der Waals surface area contributed by atoms with E-state index in [9.17, 15) is 4.79 Å². The quantitative estimate of drug-likeness (QED) is 0.613. The number of carbonyl (C=O) groups is 1. The van der Waals surface area contributed by atoms with Crippen molar-refractivity contribution >= 4 is 109 Å². The zero-order chi connectivity index (χ0) is 9.84. The number of hydrogen-bond acceptors (Lipinski definition) is 3. The summed E-state index contributed by atoms with van der Waals surface area (Å²) in [5.41, 5.74) is 6.12. The Morgan fingerprint density at radius 1 is 1.27 bits per heavy atom. The second kappa shape index (κ2) is 9.72. The maximum atomic E-state index is 10.4. The Hall–Kier alpha value is 1.72. The van der Waals surface area contributed by atoms with Gasteiger partial charge in [-0.2, -0.15) is 0 Å². The summed E-state index contributed by atoms with van der Waals surface area (Å²) in [5.74, 6) is -0.860. The predicted molar refractivity (Wildman–Crippen MR) is 61.7 cm³/mol. The van der Waals surface area contributed by atoms with E-state index in [1.54, 1.807) is 12.1 Å². The number of phenolic OH excluding ortho intramolecular Hbond substituents is 1. The minimum absolute atomic E-state index is 0. The zero-order valence-corrected chi connectivity index (χ0v) is 6.97. The standard InChI is InChI=1S/C9H11NO3.2K.2H/c10-8(9(12)13)5-6-1-3-7(11)4-2-6;;;;/h1-4,8,11H,5,10H2,(H,12,13);;;;/t8-;;;;/m0..../s1. The van der Waals surface area contributed by atoms with E-state index in [-0.39, 0.29) is 115 Å². The fourth-order valence-corrected chi connectivity index (χ4v) is 0.973. The second-order valence-electron chi connectivity index (χ2n) is 2.82. The van der Waals surface area contributed by atoms with Crippen LogP contribution in [0.2, 0.25) is 0 Å². The van der Waals surface area contributed by atoms with Crippen LogP contribution >= 0.6 is 0 Å². The van der Waals surface area contributed by atoms with Crippen LogP contribution in [0.4, 0.5) is 0 Å². The average molecular weight is 261 g/mol. The number of phenols is 1. The molecule has 1 atom stereocenters. The molecule has 0 heterocycles. The van der Waals surface area contributed by atoms with Crippen LogP contribution in [0.15, 0.2) is 24.3 Å². The van der Waals surface area contributed by atoms with E-state index in [2.05, 4.69) is 0 Å². The topological polar surface area (TPSA) is 83.5 Å². The molecule has 0 saturated carbocycles. The number of carboxylic acid groups (broad SMARTS) is 1. The Morgan fingerprint density at radius 3 is 2.13 bits per heavy atom. The molecule has 0 aliphatic rings. The van der Waals surface area contributed by atoms with E-state index >= 15 is 0 Å². The molecule has 74 valence electrons. The van der Waals surface area contributed by atoms with Crippen molar-refractivity contribution in [1.82, 2.24) is 0 Å². The molecule has 0 radical (unpaired) electrons. The van der Waals surface area contributed by atoms with E-state index in [1.807, 2.05) is 0 Å². The molecule has 6 heteroatoms. The molecule has 4 nitrogen and oxygen atoms in total. The Bertz CT molecular complexity index is 303.